The second-order valence-corrected chi connectivity index (χ2v) is 5.09. The van der Waals surface area contributed by atoms with Gasteiger partial charge in [-0.25, -0.2) is 4.98 Å². The zero-order valence-electron chi connectivity index (χ0n) is 9.76. The van der Waals surface area contributed by atoms with Gasteiger partial charge < -0.3 is 5.73 Å². The molecule has 3 aromatic heterocycles. The summed E-state index contributed by atoms with van der Waals surface area (Å²) >= 11 is 3.40. The fourth-order valence-corrected chi connectivity index (χ4v) is 2.29. The number of hydrogen-bond donors (Lipinski definition) is 1. The molecule has 0 spiro atoms. The van der Waals surface area contributed by atoms with E-state index in [1.54, 1.807) is 12.4 Å². The third-order valence-electron chi connectivity index (χ3n) is 2.78. The summed E-state index contributed by atoms with van der Waals surface area (Å²) in [4.78, 5) is 8.68. The number of fused-ring (bicyclic) bond motifs is 1. The number of nitrogen functional groups attached to an aromatic ring is 1. The lowest BCUT2D eigenvalue weighted by Gasteiger charge is -2.00. The van der Waals surface area contributed by atoms with Crippen LogP contribution in [0.4, 0.5) is 5.82 Å². The average molecular weight is 303 g/mol. The molecule has 90 valence electrons. The molecule has 3 rings (SSSR count). The molecule has 0 saturated heterocycles. The summed E-state index contributed by atoms with van der Waals surface area (Å²) < 4.78 is 2.80. The molecule has 18 heavy (non-hydrogen) atoms. The largest absolute Gasteiger partial charge is 0.383 e. The Morgan fingerprint density at radius 2 is 2.11 bits per heavy atom. The van der Waals surface area contributed by atoms with E-state index >= 15 is 0 Å². The highest BCUT2D eigenvalue weighted by Gasteiger charge is 2.11. The third kappa shape index (κ3) is 1.76. The van der Waals surface area contributed by atoms with Gasteiger partial charge in [0.15, 0.2) is 0 Å². The van der Waals surface area contributed by atoms with E-state index in [-0.39, 0.29) is 0 Å². The van der Waals surface area contributed by atoms with Gasteiger partial charge in [0.1, 0.15) is 17.2 Å². The fourth-order valence-electron chi connectivity index (χ4n) is 1.92. The van der Waals surface area contributed by atoms with Crippen LogP contribution in [0, 0.1) is 6.92 Å². The Labute approximate surface area is 113 Å². The molecular weight excluding hydrogens is 292 g/mol. The molecule has 0 aliphatic carbocycles. The number of aryl methyl sites for hydroxylation is 1. The molecule has 0 bridgehead atoms. The molecule has 3 aromatic rings. The van der Waals surface area contributed by atoms with Gasteiger partial charge >= 0.3 is 0 Å². The molecule has 0 aromatic carbocycles. The standard InChI is InChI=1S/C13H11BrN4/c1-8-2-3-11-17-12(13(15)18(11)7-8)9-4-10(14)6-16-5-9/h2-7H,15H2,1H3. The number of aromatic nitrogens is 3. The SMILES string of the molecule is Cc1ccc2nc(-c3cncc(Br)c3)c(N)n2c1. The topological polar surface area (TPSA) is 56.2 Å². The summed E-state index contributed by atoms with van der Waals surface area (Å²) in [5.41, 5.74) is 9.80. The number of imidazole rings is 1. The molecule has 3 heterocycles. The summed E-state index contributed by atoms with van der Waals surface area (Å²) in [5.74, 6) is 0.633. The normalized spacial score (nSPS) is 11.0. The van der Waals surface area contributed by atoms with E-state index in [2.05, 4.69) is 25.9 Å². The second-order valence-electron chi connectivity index (χ2n) is 4.17. The zero-order chi connectivity index (χ0) is 12.7. The first kappa shape index (κ1) is 11.2. The lowest BCUT2D eigenvalue weighted by molar-refractivity contribution is 1.16. The molecule has 0 fully saturated rings. The highest BCUT2D eigenvalue weighted by Crippen LogP contribution is 2.27. The molecule has 0 saturated carbocycles. The Balaban J connectivity index is 2.27. The van der Waals surface area contributed by atoms with Crippen molar-refractivity contribution in [3.05, 3.63) is 46.8 Å². The van der Waals surface area contributed by atoms with Crippen molar-refractivity contribution in [3.63, 3.8) is 0 Å². The van der Waals surface area contributed by atoms with Gasteiger partial charge in [0, 0.05) is 28.6 Å². The lowest BCUT2D eigenvalue weighted by atomic mass is 10.2. The van der Waals surface area contributed by atoms with Crippen molar-refractivity contribution in [1.82, 2.24) is 14.4 Å². The molecule has 0 radical (unpaired) electrons. The van der Waals surface area contributed by atoms with E-state index in [0.717, 1.165) is 26.9 Å². The van der Waals surface area contributed by atoms with Gasteiger partial charge in [-0.3, -0.25) is 9.38 Å². The van der Waals surface area contributed by atoms with Crippen molar-refractivity contribution in [3.8, 4) is 11.3 Å². The lowest BCUT2D eigenvalue weighted by Crippen LogP contribution is -1.94. The molecule has 4 nitrogen and oxygen atoms in total. The first-order valence-corrected chi connectivity index (χ1v) is 6.29. The molecule has 5 heteroatoms. The van der Waals surface area contributed by atoms with Crippen LogP contribution >= 0.6 is 15.9 Å². The Morgan fingerprint density at radius 1 is 1.28 bits per heavy atom. The quantitative estimate of drug-likeness (QED) is 0.751. The molecule has 0 unspecified atom stereocenters. The second kappa shape index (κ2) is 4.10. The van der Waals surface area contributed by atoms with Crippen LogP contribution in [-0.2, 0) is 0 Å². The van der Waals surface area contributed by atoms with Gasteiger partial charge in [0.2, 0.25) is 0 Å². The molecule has 0 atom stereocenters. The summed E-state index contributed by atoms with van der Waals surface area (Å²) in [5, 5.41) is 0. The number of pyridine rings is 2. The van der Waals surface area contributed by atoms with Gasteiger partial charge in [-0.2, -0.15) is 0 Å². The van der Waals surface area contributed by atoms with E-state index in [1.807, 2.05) is 35.7 Å². The number of rotatable bonds is 1. The first-order valence-electron chi connectivity index (χ1n) is 5.50. The van der Waals surface area contributed by atoms with E-state index in [1.165, 1.54) is 0 Å². The Kier molecular flexibility index (Phi) is 2.56. The predicted octanol–water partition coefficient (Wildman–Crippen LogP) is 3.05. The third-order valence-corrected chi connectivity index (χ3v) is 3.22. The van der Waals surface area contributed by atoms with Crippen molar-refractivity contribution in [2.75, 3.05) is 5.73 Å². The van der Waals surface area contributed by atoms with Crippen molar-refractivity contribution < 1.29 is 0 Å². The van der Waals surface area contributed by atoms with Crippen LogP contribution in [0.15, 0.2) is 41.3 Å². The average Bonchev–Trinajstić information content (AvgIpc) is 2.67. The number of nitrogens with two attached hydrogens (primary N) is 1. The van der Waals surface area contributed by atoms with Gasteiger partial charge in [0.05, 0.1) is 0 Å². The highest BCUT2D eigenvalue weighted by atomic mass is 79.9. The number of halogens is 1. The van der Waals surface area contributed by atoms with Crippen LogP contribution < -0.4 is 5.73 Å². The van der Waals surface area contributed by atoms with Crippen LogP contribution in [0.3, 0.4) is 0 Å². The van der Waals surface area contributed by atoms with Crippen molar-refractivity contribution >= 4 is 27.4 Å². The summed E-state index contributed by atoms with van der Waals surface area (Å²) in [6, 6.07) is 5.93. The van der Waals surface area contributed by atoms with E-state index in [4.69, 9.17) is 5.73 Å². The summed E-state index contributed by atoms with van der Waals surface area (Å²) in [6.07, 6.45) is 5.47. The van der Waals surface area contributed by atoms with Crippen molar-refractivity contribution in [1.29, 1.82) is 0 Å². The maximum absolute atomic E-state index is 6.15. The Morgan fingerprint density at radius 3 is 2.89 bits per heavy atom. The molecule has 2 N–H and O–H groups in total. The summed E-state index contributed by atoms with van der Waals surface area (Å²) in [7, 11) is 0. The van der Waals surface area contributed by atoms with Crippen LogP contribution in [0.1, 0.15) is 5.56 Å². The Bertz CT molecular complexity index is 733. The van der Waals surface area contributed by atoms with Gasteiger partial charge in [-0.15, -0.1) is 0 Å². The van der Waals surface area contributed by atoms with Gasteiger partial charge in [-0.05, 0) is 40.5 Å². The van der Waals surface area contributed by atoms with Gasteiger partial charge in [0.25, 0.3) is 0 Å². The summed E-state index contributed by atoms with van der Waals surface area (Å²) in [6.45, 7) is 2.03. The minimum absolute atomic E-state index is 0.633. The van der Waals surface area contributed by atoms with Gasteiger partial charge in [-0.1, -0.05) is 6.07 Å². The number of nitrogens with zero attached hydrogens (tertiary/aromatic N) is 3. The minimum atomic E-state index is 0.633. The number of anilines is 1. The smallest absolute Gasteiger partial charge is 0.139 e. The maximum atomic E-state index is 6.15. The molecule has 0 amide bonds. The van der Waals surface area contributed by atoms with Crippen molar-refractivity contribution in [2.45, 2.75) is 6.92 Å². The molecular formula is C13H11BrN4. The Hall–Kier alpha value is -1.88. The monoisotopic (exact) mass is 302 g/mol. The maximum Gasteiger partial charge on any atom is 0.139 e. The highest BCUT2D eigenvalue weighted by molar-refractivity contribution is 9.10. The van der Waals surface area contributed by atoms with E-state index in [0.29, 0.717) is 5.82 Å². The first-order chi connectivity index (χ1) is 8.65. The molecule has 0 aliphatic heterocycles. The van der Waals surface area contributed by atoms with E-state index < -0.39 is 0 Å². The van der Waals surface area contributed by atoms with Crippen molar-refractivity contribution in [2.24, 2.45) is 0 Å². The van der Waals surface area contributed by atoms with Crippen LogP contribution in [0.5, 0.6) is 0 Å². The minimum Gasteiger partial charge on any atom is -0.383 e. The predicted molar refractivity (Wildman–Crippen MR) is 75.3 cm³/mol. The molecule has 0 aliphatic rings. The fraction of sp³-hybridized carbons (Fsp3) is 0.0769. The van der Waals surface area contributed by atoms with Crippen LogP contribution in [0.2, 0.25) is 0 Å². The van der Waals surface area contributed by atoms with Crippen LogP contribution in [0.25, 0.3) is 16.9 Å². The van der Waals surface area contributed by atoms with Crippen LogP contribution in [-0.4, -0.2) is 14.4 Å². The number of hydrogen-bond acceptors (Lipinski definition) is 3. The van der Waals surface area contributed by atoms with E-state index in [9.17, 15) is 0 Å². The zero-order valence-corrected chi connectivity index (χ0v) is 11.3.